The average Bonchev–Trinajstić information content (AvgIpc) is 3.30. The second kappa shape index (κ2) is 28.1. The molecule has 5 fully saturated rings. The summed E-state index contributed by atoms with van der Waals surface area (Å²) >= 11 is 25.0. The van der Waals surface area contributed by atoms with E-state index in [1.54, 1.807) is 24.8 Å². The Hall–Kier alpha value is -2.01. The third kappa shape index (κ3) is 16.8. The highest BCUT2D eigenvalue weighted by Gasteiger charge is 2.29. The maximum Gasteiger partial charge on any atom is 0.136 e. The molecule has 13 heteroatoms. The smallest absolute Gasteiger partial charge is 0.136 e. The Morgan fingerprint density at radius 2 is 0.952 bits per heavy atom. The molecule has 2 aliphatic heterocycles. The van der Waals surface area contributed by atoms with Crippen molar-refractivity contribution in [1.29, 1.82) is 0 Å². The van der Waals surface area contributed by atoms with Crippen molar-refractivity contribution in [1.82, 2.24) is 14.9 Å². The molecule has 0 atom stereocenters. The molecule has 2 aromatic rings. The summed E-state index contributed by atoms with van der Waals surface area (Å²) < 4.78 is 0. The molecule has 0 aromatic carbocycles. The zero-order valence-electron chi connectivity index (χ0n) is 37.2. The molecule has 0 unspecified atom stereocenters. The Balaban J connectivity index is 0.000000217. The molecule has 0 bridgehead atoms. The van der Waals surface area contributed by atoms with Gasteiger partial charge in [-0.25, -0.2) is 0 Å². The number of hydrogen-bond acceptors (Lipinski definition) is 9. The van der Waals surface area contributed by atoms with Crippen LogP contribution in [0.15, 0.2) is 24.8 Å². The van der Waals surface area contributed by atoms with Crippen LogP contribution in [-0.4, -0.2) is 85.1 Å². The van der Waals surface area contributed by atoms with Crippen molar-refractivity contribution in [2.75, 3.05) is 62.2 Å². The lowest BCUT2D eigenvalue weighted by Crippen LogP contribution is -2.38. The Kier molecular flexibility index (Phi) is 23.1. The number of aromatic nitrogens is 2. The minimum absolute atomic E-state index is 0.150. The van der Waals surface area contributed by atoms with Crippen LogP contribution in [0.5, 0.6) is 0 Å². The van der Waals surface area contributed by atoms with E-state index in [0.29, 0.717) is 50.5 Å². The van der Waals surface area contributed by atoms with Crippen LogP contribution in [0.25, 0.3) is 0 Å². The number of Topliss-reactive ketones (excluding diaryl/α,β-unsaturated/α-hetero) is 2. The normalized spacial score (nSPS) is 20.0. The van der Waals surface area contributed by atoms with Gasteiger partial charge in [0, 0.05) is 94.7 Å². The average molecular weight is 937 g/mol. The number of anilines is 2. The molecule has 7 rings (SSSR count). The van der Waals surface area contributed by atoms with Gasteiger partial charge in [-0.05, 0) is 102 Å². The highest BCUT2D eigenvalue weighted by Crippen LogP contribution is 2.37. The molecule has 2 N–H and O–H groups in total. The summed E-state index contributed by atoms with van der Waals surface area (Å²) in [5.74, 6) is 3.29. The molecule has 3 saturated carbocycles. The van der Waals surface area contributed by atoms with E-state index < -0.39 is 0 Å². The number of carbonyl (C=O) groups excluding carboxylic acids is 3. The summed E-state index contributed by atoms with van der Waals surface area (Å²) in [7, 11) is 0. The van der Waals surface area contributed by atoms with Gasteiger partial charge in [0.25, 0.3) is 0 Å². The summed E-state index contributed by atoms with van der Waals surface area (Å²) in [6.07, 6.45) is 34.5. The van der Waals surface area contributed by atoms with Crippen LogP contribution in [-0.2, 0) is 14.4 Å². The van der Waals surface area contributed by atoms with E-state index in [9.17, 15) is 14.4 Å². The molecular weight excluding hydrogens is 862 g/mol. The molecule has 0 spiro atoms. The van der Waals surface area contributed by atoms with Crippen LogP contribution in [0, 0.1) is 29.6 Å². The number of ketones is 2. The van der Waals surface area contributed by atoms with E-state index in [2.05, 4.69) is 24.7 Å². The van der Waals surface area contributed by atoms with E-state index in [1.807, 2.05) is 0 Å². The van der Waals surface area contributed by atoms with Crippen molar-refractivity contribution in [3.8, 4) is 0 Å². The van der Waals surface area contributed by atoms with E-state index in [4.69, 9.17) is 52.1 Å². The summed E-state index contributed by atoms with van der Waals surface area (Å²) in [5.41, 5.74) is 7.14. The van der Waals surface area contributed by atoms with E-state index in [1.165, 1.54) is 96.6 Å². The van der Waals surface area contributed by atoms with E-state index in [0.717, 1.165) is 120 Å². The topological polar surface area (TPSA) is 113 Å². The van der Waals surface area contributed by atoms with Gasteiger partial charge >= 0.3 is 0 Å². The number of halogens is 4. The first-order valence-electron chi connectivity index (χ1n) is 24.2. The monoisotopic (exact) mass is 934 g/mol. The summed E-state index contributed by atoms with van der Waals surface area (Å²) in [6, 6.07) is 0. The maximum absolute atomic E-state index is 13.0. The largest absolute Gasteiger partial charge is 0.369 e. The van der Waals surface area contributed by atoms with Gasteiger partial charge in [0.1, 0.15) is 17.9 Å². The second-order valence-electron chi connectivity index (χ2n) is 18.7. The lowest BCUT2D eigenvalue weighted by molar-refractivity contribution is -0.124. The number of hydrogen-bond donors (Lipinski definition) is 1. The minimum atomic E-state index is 0.150. The third-order valence-corrected chi connectivity index (χ3v) is 15.1. The van der Waals surface area contributed by atoms with Crippen LogP contribution in [0.3, 0.4) is 0 Å². The first kappa shape index (κ1) is 51.0. The fourth-order valence-corrected chi connectivity index (χ4v) is 11.6. The quantitative estimate of drug-likeness (QED) is 0.164. The van der Waals surface area contributed by atoms with Gasteiger partial charge in [-0.15, -0.1) is 0 Å². The lowest BCUT2D eigenvalue weighted by atomic mass is 9.86. The molecule has 2 saturated heterocycles. The van der Waals surface area contributed by atoms with Crippen LogP contribution >= 0.6 is 46.4 Å². The Bertz CT molecular complexity index is 1570. The van der Waals surface area contributed by atoms with Gasteiger partial charge in [0.05, 0.1) is 31.5 Å². The number of rotatable bonds is 16. The highest BCUT2D eigenvalue weighted by molar-refractivity contribution is 6.39. The molecule has 0 radical (unpaired) electrons. The molecule has 346 valence electrons. The van der Waals surface area contributed by atoms with Crippen molar-refractivity contribution in [2.24, 2.45) is 35.3 Å². The fourth-order valence-electron chi connectivity index (χ4n) is 10.4. The standard InChI is InChI=1S/C28H43Cl2N3O.C14H19Cl2N3O.C7H12O/c29-25-18-31-19-26(30)28(25)33-16-13-24(14-17-33)27(34)12-7-15-32(20-22-8-3-1-4-9-22)21-23-10-5-2-6-11-23;15-11-8-18-9-12(16)14(11)19-6-3-10(4-7-19)13(20)2-1-5-17;8-6-7-4-2-1-3-5-7/h18-19,22-24H,1-17,20-21H2;8-10H,1-7,17H2;6-7H,1-5H2. The predicted molar refractivity (Wildman–Crippen MR) is 258 cm³/mol. The molecule has 62 heavy (non-hydrogen) atoms. The predicted octanol–water partition coefficient (Wildman–Crippen LogP) is 12.1. The maximum atomic E-state index is 13.0. The first-order valence-corrected chi connectivity index (χ1v) is 25.7. The van der Waals surface area contributed by atoms with Crippen LogP contribution in [0.2, 0.25) is 20.1 Å². The zero-order valence-corrected chi connectivity index (χ0v) is 40.3. The molecule has 3 aliphatic carbocycles. The Labute approximate surface area is 392 Å². The first-order chi connectivity index (χ1) is 30.2. The second-order valence-corrected chi connectivity index (χ2v) is 20.3. The third-order valence-electron chi connectivity index (χ3n) is 14.0. The number of nitrogens with zero attached hydrogens (tertiary/aromatic N) is 5. The van der Waals surface area contributed by atoms with Crippen molar-refractivity contribution in [2.45, 2.75) is 148 Å². The van der Waals surface area contributed by atoms with E-state index >= 15 is 0 Å². The van der Waals surface area contributed by atoms with Crippen LogP contribution in [0.1, 0.15) is 148 Å². The van der Waals surface area contributed by atoms with Crippen LogP contribution in [0.4, 0.5) is 11.4 Å². The Morgan fingerprint density at radius 1 is 0.581 bits per heavy atom. The van der Waals surface area contributed by atoms with Crippen LogP contribution < -0.4 is 15.5 Å². The van der Waals surface area contributed by atoms with E-state index in [-0.39, 0.29) is 11.8 Å². The van der Waals surface area contributed by atoms with Gasteiger partial charge in [-0.2, -0.15) is 0 Å². The minimum Gasteiger partial charge on any atom is -0.369 e. The number of nitrogens with two attached hydrogens (primary N) is 1. The fraction of sp³-hybridized carbons (Fsp3) is 0.735. The van der Waals surface area contributed by atoms with Crippen molar-refractivity contribution in [3.05, 3.63) is 44.9 Å². The van der Waals surface area contributed by atoms with Crippen molar-refractivity contribution >= 4 is 75.6 Å². The molecule has 9 nitrogen and oxygen atoms in total. The molecule has 0 amide bonds. The number of aldehydes is 1. The number of carbonyl (C=O) groups is 3. The van der Waals surface area contributed by atoms with Gasteiger partial charge in [0.2, 0.25) is 0 Å². The van der Waals surface area contributed by atoms with Gasteiger partial charge < -0.3 is 25.2 Å². The van der Waals surface area contributed by atoms with Gasteiger partial charge in [-0.1, -0.05) is 104 Å². The summed E-state index contributed by atoms with van der Waals surface area (Å²) in [4.78, 5) is 50.3. The number of pyridine rings is 2. The number of piperidine rings is 2. The zero-order chi connectivity index (χ0) is 44.1. The Morgan fingerprint density at radius 3 is 1.31 bits per heavy atom. The molecule has 4 heterocycles. The highest BCUT2D eigenvalue weighted by atomic mass is 35.5. The lowest BCUT2D eigenvalue weighted by Gasteiger charge is -2.34. The molecule has 5 aliphatic rings. The molecule has 2 aromatic heterocycles. The van der Waals surface area contributed by atoms with Crippen molar-refractivity contribution in [3.63, 3.8) is 0 Å². The van der Waals surface area contributed by atoms with Crippen molar-refractivity contribution < 1.29 is 14.4 Å². The SMILES string of the molecule is NCCCC(=O)C1CCN(c2c(Cl)cncc2Cl)CC1.O=C(CCCN(CC1CCCCC1)CC1CCCCC1)C1CCN(c2c(Cl)cncc2Cl)CC1.O=CC1CCCCC1. The molecular formula is C49H74Cl4N6O3. The van der Waals surface area contributed by atoms with Gasteiger partial charge in [0.15, 0.2) is 0 Å². The van der Waals surface area contributed by atoms with Gasteiger partial charge in [-0.3, -0.25) is 19.6 Å². The summed E-state index contributed by atoms with van der Waals surface area (Å²) in [5, 5.41) is 2.30. The summed E-state index contributed by atoms with van der Waals surface area (Å²) in [6.45, 7) is 7.44.